The van der Waals surface area contributed by atoms with Crippen molar-refractivity contribution in [1.82, 2.24) is 10.1 Å². The molecule has 0 radical (unpaired) electrons. The summed E-state index contributed by atoms with van der Waals surface area (Å²) in [6, 6.07) is 12.2. The van der Waals surface area contributed by atoms with Crippen molar-refractivity contribution >= 4 is 29.3 Å². The summed E-state index contributed by atoms with van der Waals surface area (Å²) in [6.45, 7) is 1.70. The number of carbonyl (C=O) groups is 3. The SMILES string of the molecule is COC(=O)c1ccc(NC(=O)c2cccc(C(=O)Nc3cc(C)on3)n2)cc1. The third-order valence-electron chi connectivity index (χ3n) is 3.65. The summed E-state index contributed by atoms with van der Waals surface area (Å²) >= 11 is 0. The number of hydrogen-bond donors (Lipinski definition) is 2. The van der Waals surface area contributed by atoms with Crippen molar-refractivity contribution in [2.75, 3.05) is 17.7 Å². The summed E-state index contributed by atoms with van der Waals surface area (Å²) in [5.74, 6) is -0.692. The average Bonchev–Trinajstić information content (AvgIpc) is 3.12. The van der Waals surface area contributed by atoms with E-state index in [9.17, 15) is 14.4 Å². The van der Waals surface area contributed by atoms with Crippen LogP contribution < -0.4 is 10.6 Å². The van der Waals surface area contributed by atoms with E-state index in [4.69, 9.17) is 4.52 Å². The van der Waals surface area contributed by atoms with Crippen LogP contribution >= 0.6 is 0 Å². The zero-order valence-electron chi connectivity index (χ0n) is 15.1. The maximum Gasteiger partial charge on any atom is 0.337 e. The van der Waals surface area contributed by atoms with Crippen LogP contribution in [0.5, 0.6) is 0 Å². The molecule has 0 aliphatic rings. The van der Waals surface area contributed by atoms with Crippen molar-refractivity contribution in [3.63, 3.8) is 0 Å². The molecule has 1 aromatic carbocycles. The topological polar surface area (TPSA) is 123 Å². The van der Waals surface area contributed by atoms with E-state index >= 15 is 0 Å². The number of amides is 2. The molecule has 2 heterocycles. The van der Waals surface area contributed by atoms with Crippen molar-refractivity contribution in [3.8, 4) is 0 Å². The highest BCUT2D eigenvalue weighted by atomic mass is 16.5. The van der Waals surface area contributed by atoms with Crippen LogP contribution in [-0.2, 0) is 4.74 Å². The third-order valence-corrected chi connectivity index (χ3v) is 3.65. The van der Waals surface area contributed by atoms with Crippen LogP contribution in [0, 0.1) is 6.92 Å². The fourth-order valence-corrected chi connectivity index (χ4v) is 2.30. The lowest BCUT2D eigenvalue weighted by Gasteiger charge is -2.07. The van der Waals surface area contributed by atoms with Gasteiger partial charge in [0.05, 0.1) is 12.7 Å². The number of anilines is 2. The van der Waals surface area contributed by atoms with Gasteiger partial charge in [-0.15, -0.1) is 0 Å². The first-order chi connectivity index (χ1) is 13.5. The number of esters is 1. The van der Waals surface area contributed by atoms with Crippen molar-refractivity contribution in [2.45, 2.75) is 6.92 Å². The largest absolute Gasteiger partial charge is 0.465 e. The number of ether oxygens (including phenoxy) is 1. The first kappa shape index (κ1) is 18.8. The van der Waals surface area contributed by atoms with Gasteiger partial charge in [0.2, 0.25) is 0 Å². The third kappa shape index (κ3) is 4.39. The molecular formula is C19H16N4O5. The summed E-state index contributed by atoms with van der Waals surface area (Å²) < 4.78 is 9.50. The van der Waals surface area contributed by atoms with Crippen molar-refractivity contribution in [2.24, 2.45) is 0 Å². The Balaban J connectivity index is 1.69. The van der Waals surface area contributed by atoms with Gasteiger partial charge in [0.25, 0.3) is 11.8 Å². The standard InChI is InChI=1S/C19H16N4O5/c1-11-10-16(23-28-11)22-18(25)15-5-3-4-14(21-15)17(24)20-13-8-6-12(7-9-13)19(26)27-2/h3-10H,1-2H3,(H,20,24)(H,22,23,25). The normalized spacial score (nSPS) is 10.2. The van der Waals surface area contributed by atoms with Crippen LogP contribution in [0.15, 0.2) is 53.1 Å². The summed E-state index contributed by atoms with van der Waals surface area (Å²) in [4.78, 5) is 40.2. The van der Waals surface area contributed by atoms with E-state index in [1.807, 2.05) is 0 Å². The molecule has 3 rings (SSSR count). The maximum atomic E-state index is 12.4. The molecule has 2 amide bonds. The number of aromatic nitrogens is 2. The lowest BCUT2D eigenvalue weighted by molar-refractivity contribution is 0.0600. The van der Waals surface area contributed by atoms with E-state index in [-0.39, 0.29) is 17.2 Å². The van der Waals surface area contributed by atoms with Gasteiger partial charge in [0.1, 0.15) is 17.1 Å². The first-order valence-corrected chi connectivity index (χ1v) is 8.17. The first-order valence-electron chi connectivity index (χ1n) is 8.17. The van der Waals surface area contributed by atoms with Crippen LogP contribution in [0.4, 0.5) is 11.5 Å². The Morgan fingerprint density at radius 1 is 0.964 bits per heavy atom. The Kier molecular flexibility index (Phi) is 5.45. The lowest BCUT2D eigenvalue weighted by atomic mass is 10.2. The van der Waals surface area contributed by atoms with Crippen molar-refractivity contribution < 1.29 is 23.6 Å². The van der Waals surface area contributed by atoms with E-state index in [1.54, 1.807) is 31.2 Å². The van der Waals surface area contributed by atoms with Gasteiger partial charge in [-0.05, 0) is 43.3 Å². The molecule has 0 fully saturated rings. The van der Waals surface area contributed by atoms with Crippen molar-refractivity contribution in [1.29, 1.82) is 0 Å². The molecule has 0 saturated heterocycles. The summed E-state index contributed by atoms with van der Waals surface area (Å²) in [6.07, 6.45) is 0. The van der Waals surface area contributed by atoms with Gasteiger partial charge in [0.15, 0.2) is 5.82 Å². The number of aryl methyl sites for hydroxylation is 1. The molecule has 9 heteroatoms. The smallest absolute Gasteiger partial charge is 0.337 e. The molecule has 0 bridgehead atoms. The fourth-order valence-electron chi connectivity index (χ4n) is 2.30. The van der Waals surface area contributed by atoms with Gasteiger partial charge in [-0.25, -0.2) is 9.78 Å². The molecule has 3 aromatic rings. The van der Waals surface area contributed by atoms with Crippen LogP contribution in [0.25, 0.3) is 0 Å². The van der Waals surface area contributed by atoms with Gasteiger partial charge in [0, 0.05) is 11.8 Å². The number of pyridine rings is 1. The predicted octanol–water partition coefficient (Wildman–Crippen LogP) is 2.67. The van der Waals surface area contributed by atoms with E-state index in [0.717, 1.165) is 0 Å². The van der Waals surface area contributed by atoms with Gasteiger partial charge in [-0.3, -0.25) is 9.59 Å². The number of carbonyl (C=O) groups excluding carboxylic acids is 3. The number of hydrogen-bond acceptors (Lipinski definition) is 7. The molecule has 2 aromatic heterocycles. The van der Waals surface area contributed by atoms with Crippen LogP contribution in [0.1, 0.15) is 37.1 Å². The van der Waals surface area contributed by atoms with E-state index in [1.165, 1.54) is 31.4 Å². The minimum absolute atomic E-state index is 0.0503. The lowest BCUT2D eigenvalue weighted by Crippen LogP contribution is -2.18. The summed E-state index contributed by atoms with van der Waals surface area (Å²) in [5.41, 5.74) is 0.933. The summed E-state index contributed by atoms with van der Waals surface area (Å²) in [5, 5.41) is 8.86. The Hall–Kier alpha value is -4.01. The number of methoxy groups -OCH3 is 1. The zero-order chi connectivity index (χ0) is 20.1. The number of nitrogens with zero attached hydrogens (tertiary/aromatic N) is 2. The fraction of sp³-hybridized carbons (Fsp3) is 0.105. The minimum Gasteiger partial charge on any atom is -0.465 e. The molecule has 0 unspecified atom stereocenters. The highest BCUT2D eigenvalue weighted by Crippen LogP contribution is 2.13. The predicted molar refractivity (Wildman–Crippen MR) is 99.2 cm³/mol. The van der Waals surface area contributed by atoms with E-state index in [0.29, 0.717) is 17.0 Å². The van der Waals surface area contributed by atoms with Gasteiger partial charge in [-0.2, -0.15) is 0 Å². The Morgan fingerprint density at radius 3 is 2.18 bits per heavy atom. The Bertz CT molecular complexity index is 1030. The molecule has 2 N–H and O–H groups in total. The number of rotatable bonds is 5. The van der Waals surface area contributed by atoms with Crippen LogP contribution in [0.3, 0.4) is 0 Å². The molecule has 0 spiro atoms. The quantitative estimate of drug-likeness (QED) is 0.652. The van der Waals surface area contributed by atoms with Gasteiger partial charge in [-0.1, -0.05) is 11.2 Å². The Morgan fingerprint density at radius 2 is 1.61 bits per heavy atom. The monoisotopic (exact) mass is 380 g/mol. The minimum atomic E-state index is -0.523. The van der Waals surface area contributed by atoms with Crippen molar-refractivity contribution in [3.05, 3.63) is 71.2 Å². The molecular weight excluding hydrogens is 364 g/mol. The van der Waals surface area contributed by atoms with Crippen LogP contribution in [0.2, 0.25) is 0 Å². The molecule has 142 valence electrons. The second-order valence-electron chi connectivity index (χ2n) is 5.71. The molecule has 28 heavy (non-hydrogen) atoms. The molecule has 0 aliphatic carbocycles. The molecule has 9 nitrogen and oxygen atoms in total. The zero-order valence-corrected chi connectivity index (χ0v) is 15.1. The van der Waals surface area contributed by atoms with Crippen LogP contribution in [-0.4, -0.2) is 35.0 Å². The maximum absolute atomic E-state index is 12.4. The average molecular weight is 380 g/mol. The summed E-state index contributed by atoms with van der Waals surface area (Å²) in [7, 11) is 1.29. The van der Waals surface area contributed by atoms with E-state index < -0.39 is 17.8 Å². The number of benzene rings is 1. The number of nitrogens with one attached hydrogen (secondary N) is 2. The molecule has 0 atom stereocenters. The molecule has 0 aliphatic heterocycles. The van der Waals surface area contributed by atoms with Gasteiger partial charge < -0.3 is 19.9 Å². The van der Waals surface area contributed by atoms with E-state index in [2.05, 4.69) is 25.5 Å². The van der Waals surface area contributed by atoms with Gasteiger partial charge >= 0.3 is 5.97 Å². The Labute approximate surface area is 159 Å². The second-order valence-corrected chi connectivity index (χ2v) is 5.71. The highest BCUT2D eigenvalue weighted by molar-refractivity contribution is 6.06. The molecule has 0 saturated carbocycles. The highest BCUT2D eigenvalue weighted by Gasteiger charge is 2.14. The second kappa shape index (κ2) is 8.12.